The number of likely N-dealkylation sites (N-methyl/N-ethyl adjacent to an activating group) is 1. The van der Waals surface area contributed by atoms with E-state index >= 15 is 0 Å². The maximum Gasteiger partial charge on any atom is 0.416 e. The molecule has 1 aromatic heterocycles. The quantitative estimate of drug-likeness (QED) is 0.206. The standard InChI is InChI=1S/C36H39F3N8O3S/c1-46-14-16-47(17-15-46)23-24-18-26(20-27(19-24)36(37,38)39)35(10-11-35)33(48)43-28-8-6-25(7-9-28)31-22-41-34-44-29-4-2-5-30(21-29)51(49,50)42-13-3-12-40-32(31)45-34/h2,4-9,18-22,42H,3,10-17,23H2,1H3,(H,43,48)(H2,40,41,44,45). The summed E-state index contributed by atoms with van der Waals surface area (Å²) >= 11 is 0. The number of rotatable bonds is 6. The molecule has 11 nitrogen and oxygen atoms in total. The number of carbonyl (C=O) groups excluding carboxylic acids is 1. The number of halogens is 3. The molecule has 4 bridgehead atoms. The number of piperazine rings is 1. The number of sulfonamides is 1. The lowest BCUT2D eigenvalue weighted by Gasteiger charge is -2.32. The van der Waals surface area contributed by atoms with Crippen molar-refractivity contribution in [2.45, 2.75) is 42.3 Å². The lowest BCUT2D eigenvalue weighted by molar-refractivity contribution is -0.137. The topological polar surface area (TPSA) is 132 Å². The molecule has 0 radical (unpaired) electrons. The van der Waals surface area contributed by atoms with E-state index in [-0.39, 0.29) is 23.3 Å². The fourth-order valence-electron chi connectivity index (χ4n) is 6.49. The number of carbonyl (C=O) groups is 1. The Balaban J connectivity index is 1.09. The Morgan fingerprint density at radius 2 is 1.75 bits per heavy atom. The predicted molar refractivity (Wildman–Crippen MR) is 189 cm³/mol. The van der Waals surface area contributed by atoms with E-state index in [4.69, 9.17) is 0 Å². The van der Waals surface area contributed by atoms with Crippen molar-refractivity contribution in [3.8, 4) is 11.1 Å². The molecule has 2 fully saturated rings. The average Bonchev–Trinajstić information content (AvgIpc) is 3.92. The number of hydrogen-bond donors (Lipinski definition) is 4. The summed E-state index contributed by atoms with van der Waals surface area (Å²) < 4.78 is 70.1. The van der Waals surface area contributed by atoms with Crippen LogP contribution in [0.3, 0.4) is 0 Å². The second kappa shape index (κ2) is 13.9. The Kier molecular flexibility index (Phi) is 9.48. The van der Waals surface area contributed by atoms with Crippen molar-refractivity contribution in [2.24, 2.45) is 0 Å². The fourth-order valence-corrected chi connectivity index (χ4v) is 7.61. The van der Waals surface area contributed by atoms with E-state index in [1.807, 2.05) is 19.2 Å². The summed E-state index contributed by atoms with van der Waals surface area (Å²) in [5.41, 5.74) is 1.68. The van der Waals surface area contributed by atoms with E-state index < -0.39 is 27.2 Å². The summed E-state index contributed by atoms with van der Waals surface area (Å²) in [6, 6.07) is 17.6. The van der Waals surface area contributed by atoms with Gasteiger partial charge in [0.2, 0.25) is 21.9 Å². The Morgan fingerprint density at radius 1 is 0.980 bits per heavy atom. The van der Waals surface area contributed by atoms with Gasteiger partial charge in [0.15, 0.2) is 0 Å². The number of alkyl halides is 3. The van der Waals surface area contributed by atoms with E-state index in [2.05, 4.69) is 40.4 Å². The van der Waals surface area contributed by atoms with Gasteiger partial charge in [-0.15, -0.1) is 0 Å². The second-order valence-electron chi connectivity index (χ2n) is 13.4. The molecule has 2 aliphatic heterocycles. The summed E-state index contributed by atoms with van der Waals surface area (Å²) in [6.07, 6.45) is -1.44. The molecule has 0 unspecified atom stereocenters. The van der Waals surface area contributed by atoms with Crippen LogP contribution < -0.4 is 20.7 Å². The largest absolute Gasteiger partial charge is 0.416 e. The van der Waals surface area contributed by atoms with Gasteiger partial charge in [0.25, 0.3) is 0 Å². The summed E-state index contributed by atoms with van der Waals surface area (Å²) in [5, 5.41) is 9.30. The van der Waals surface area contributed by atoms with Crippen LogP contribution in [0.4, 0.5) is 36.3 Å². The van der Waals surface area contributed by atoms with Crippen LogP contribution in [0.2, 0.25) is 0 Å². The SMILES string of the molecule is CN1CCN(Cc2cc(C(F)(F)F)cc(C3(C(=O)Nc4ccc(-c5cnc6nc5NCCCNS(=O)(=O)c5cccc(c5)N6)cc4)CC3)c2)CC1. The van der Waals surface area contributed by atoms with Gasteiger partial charge in [0.05, 0.1) is 15.9 Å². The Bertz CT molecular complexity index is 2030. The third-order valence-corrected chi connectivity index (χ3v) is 11.1. The first kappa shape index (κ1) is 34.9. The molecule has 1 saturated carbocycles. The van der Waals surface area contributed by atoms with E-state index in [0.29, 0.717) is 66.2 Å². The average molecular weight is 721 g/mol. The van der Waals surface area contributed by atoms with Gasteiger partial charge >= 0.3 is 6.18 Å². The molecule has 1 amide bonds. The van der Waals surface area contributed by atoms with Crippen LogP contribution in [0.5, 0.6) is 0 Å². The molecule has 4 N–H and O–H groups in total. The molecule has 3 aromatic carbocycles. The highest BCUT2D eigenvalue weighted by Gasteiger charge is 2.52. The number of nitrogens with one attached hydrogen (secondary N) is 4. The summed E-state index contributed by atoms with van der Waals surface area (Å²) in [5.74, 6) is 0.484. The number of aromatic nitrogens is 2. The molecule has 1 saturated heterocycles. The maximum atomic E-state index is 14.0. The van der Waals surface area contributed by atoms with Gasteiger partial charge in [-0.2, -0.15) is 18.2 Å². The molecule has 0 spiro atoms. The summed E-state index contributed by atoms with van der Waals surface area (Å²) in [6.45, 7) is 4.31. The molecule has 3 aliphatic rings. The minimum absolute atomic E-state index is 0.136. The first-order valence-corrected chi connectivity index (χ1v) is 18.4. The minimum Gasteiger partial charge on any atom is -0.369 e. The van der Waals surface area contributed by atoms with Crippen molar-refractivity contribution in [1.29, 1.82) is 0 Å². The van der Waals surface area contributed by atoms with Crippen molar-refractivity contribution in [3.05, 3.63) is 89.6 Å². The molecule has 51 heavy (non-hydrogen) atoms. The van der Waals surface area contributed by atoms with E-state index in [1.54, 1.807) is 36.5 Å². The normalized spacial score (nSPS) is 19.0. The van der Waals surface area contributed by atoms with Crippen molar-refractivity contribution < 1.29 is 26.4 Å². The third kappa shape index (κ3) is 7.86. The van der Waals surface area contributed by atoms with Gasteiger partial charge in [-0.05, 0) is 85.5 Å². The minimum atomic E-state index is -4.53. The van der Waals surface area contributed by atoms with Gasteiger partial charge in [0, 0.05) is 68.9 Å². The van der Waals surface area contributed by atoms with Gasteiger partial charge in [-0.1, -0.05) is 24.3 Å². The van der Waals surface area contributed by atoms with Crippen molar-refractivity contribution in [1.82, 2.24) is 24.5 Å². The number of amides is 1. The Morgan fingerprint density at radius 3 is 2.47 bits per heavy atom. The monoisotopic (exact) mass is 720 g/mol. The number of benzene rings is 3. The van der Waals surface area contributed by atoms with Crippen molar-refractivity contribution >= 4 is 39.1 Å². The number of fused-ring (bicyclic) bond motifs is 4. The van der Waals surface area contributed by atoms with Crippen LogP contribution in [-0.4, -0.2) is 80.4 Å². The smallest absolute Gasteiger partial charge is 0.369 e. The molecule has 7 rings (SSSR count). The molecule has 1 aliphatic carbocycles. The fraction of sp³-hybridized carbons (Fsp3) is 0.361. The van der Waals surface area contributed by atoms with Gasteiger partial charge in [-0.25, -0.2) is 18.1 Å². The zero-order valence-corrected chi connectivity index (χ0v) is 28.9. The van der Waals surface area contributed by atoms with Crippen LogP contribution in [0.15, 0.2) is 77.8 Å². The van der Waals surface area contributed by atoms with Gasteiger partial charge in [0.1, 0.15) is 5.82 Å². The highest BCUT2D eigenvalue weighted by molar-refractivity contribution is 7.89. The van der Waals surface area contributed by atoms with E-state index in [9.17, 15) is 26.4 Å². The van der Waals surface area contributed by atoms with Gasteiger partial charge in [-0.3, -0.25) is 9.69 Å². The van der Waals surface area contributed by atoms with Crippen LogP contribution in [-0.2, 0) is 33.0 Å². The summed E-state index contributed by atoms with van der Waals surface area (Å²) in [7, 11) is -1.65. The molecule has 4 aromatic rings. The lowest BCUT2D eigenvalue weighted by atomic mass is 9.91. The number of anilines is 4. The van der Waals surface area contributed by atoms with E-state index in [1.165, 1.54) is 18.2 Å². The predicted octanol–water partition coefficient (Wildman–Crippen LogP) is 5.42. The second-order valence-corrected chi connectivity index (χ2v) is 15.2. The molecule has 268 valence electrons. The summed E-state index contributed by atoms with van der Waals surface area (Å²) in [4.78, 5) is 27.3. The lowest BCUT2D eigenvalue weighted by Crippen LogP contribution is -2.43. The third-order valence-electron chi connectivity index (χ3n) is 9.64. The zero-order chi connectivity index (χ0) is 35.8. The molecular formula is C36H39F3N8O3S. The number of nitrogens with zero attached hydrogens (tertiary/aromatic N) is 4. The Labute approximate surface area is 294 Å². The van der Waals surface area contributed by atoms with E-state index in [0.717, 1.165) is 37.8 Å². The van der Waals surface area contributed by atoms with Crippen LogP contribution >= 0.6 is 0 Å². The van der Waals surface area contributed by atoms with Crippen molar-refractivity contribution in [2.75, 3.05) is 62.3 Å². The molecule has 0 atom stereocenters. The molecule has 3 heterocycles. The van der Waals surface area contributed by atoms with Gasteiger partial charge < -0.3 is 20.9 Å². The highest BCUT2D eigenvalue weighted by atomic mass is 32.2. The maximum absolute atomic E-state index is 14.0. The highest BCUT2D eigenvalue weighted by Crippen LogP contribution is 2.50. The molecule has 15 heteroatoms. The number of hydrogen-bond acceptors (Lipinski definition) is 9. The van der Waals surface area contributed by atoms with Crippen molar-refractivity contribution in [3.63, 3.8) is 0 Å². The van der Waals surface area contributed by atoms with Crippen LogP contribution in [0, 0.1) is 0 Å². The first-order valence-electron chi connectivity index (χ1n) is 16.9. The zero-order valence-electron chi connectivity index (χ0n) is 28.1. The van der Waals surface area contributed by atoms with Crippen LogP contribution in [0.1, 0.15) is 36.0 Å². The first-order chi connectivity index (χ1) is 24.4. The van der Waals surface area contributed by atoms with Crippen LogP contribution in [0.25, 0.3) is 11.1 Å². The molecular weight excluding hydrogens is 682 g/mol. The Hall–Kier alpha value is -4.57.